The number of hydrogen-bond acceptors (Lipinski definition) is 5. The van der Waals surface area contributed by atoms with Crippen LogP contribution in [0.1, 0.15) is 24.8 Å². The molecule has 0 aromatic heterocycles. The summed E-state index contributed by atoms with van der Waals surface area (Å²) < 4.78 is 4.89. The number of ether oxygens (including phenoxy) is 1. The van der Waals surface area contributed by atoms with Gasteiger partial charge in [0, 0.05) is 18.9 Å². The Morgan fingerprint density at radius 2 is 2.15 bits per heavy atom. The molecule has 0 aliphatic carbocycles. The molecule has 0 radical (unpaired) electrons. The highest BCUT2D eigenvalue weighted by Gasteiger charge is 2.52. The minimum atomic E-state index is -1.11. The molecule has 110 valence electrons. The third kappa shape index (κ3) is 2.78. The fourth-order valence-electron chi connectivity index (χ4n) is 2.33. The van der Waals surface area contributed by atoms with Gasteiger partial charge in [0.2, 0.25) is 5.60 Å². The van der Waals surface area contributed by atoms with Crippen LogP contribution < -0.4 is 5.73 Å². The summed E-state index contributed by atoms with van der Waals surface area (Å²) in [5, 5.41) is 3.91. The van der Waals surface area contributed by atoms with Crippen LogP contribution in [0.5, 0.6) is 0 Å². The standard InChI is InChI=1S/C14H18N2O3.ClH/c1-10(11-6-4-3-5-7-11)14(13(17)18-2)8-12(9-15)16-19-14;/h3-7,10H,8-9,15H2,1-2H3;1H. The average molecular weight is 299 g/mol. The maximum absolute atomic E-state index is 12.2. The van der Waals surface area contributed by atoms with Crippen molar-refractivity contribution >= 4 is 24.1 Å². The van der Waals surface area contributed by atoms with Crippen molar-refractivity contribution in [1.82, 2.24) is 0 Å². The van der Waals surface area contributed by atoms with Crippen molar-refractivity contribution in [3.05, 3.63) is 35.9 Å². The number of halogens is 1. The van der Waals surface area contributed by atoms with Crippen LogP contribution in [0.3, 0.4) is 0 Å². The van der Waals surface area contributed by atoms with Crippen LogP contribution in [-0.4, -0.2) is 30.9 Å². The SMILES string of the molecule is COC(=O)C1(C(C)c2ccccc2)CC(CN)=NO1.Cl. The number of rotatable bonds is 4. The zero-order chi connectivity index (χ0) is 13.9. The Bertz CT molecular complexity index is 492. The van der Waals surface area contributed by atoms with E-state index in [4.69, 9.17) is 15.3 Å². The summed E-state index contributed by atoms with van der Waals surface area (Å²) in [5.74, 6) is -0.593. The van der Waals surface area contributed by atoms with E-state index in [1.54, 1.807) is 0 Å². The Hall–Kier alpha value is -1.59. The minimum absolute atomic E-state index is 0. The monoisotopic (exact) mass is 298 g/mol. The Morgan fingerprint density at radius 3 is 2.65 bits per heavy atom. The highest BCUT2D eigenvalue weighted by molar-refractivity contribution is 5.95. The van der Waals surface area contributed by atoms with E-state index < -0.39 is 11.6 Å². The molecule has 0 spiro atoms. The maximum Gasteiger partial charge on any atom is 0.354 e. The zero-order valence-corrected chi connectivity index (χ0v) is 12.4. The van der Waals surface area contributed by atoms with E-state index in [1.165, 1.54) is 7.11 Å². The van der Waals surface area contributed by atoms with Gasteiger partial charge in [0.15, 0.2) is 0 Å². The number of carbonyl (C=O) groups is 1. The first-order valence-electron chi connectivity index (χ1n) is 6.21. The molecule has 1 heterocycles. The molecule has 1 aliphatic rings. The number of hydrogen-bond donors (Lipinski definition) is 1. The summed E-state index contributed by atoms with van der Waals surface area (Å²) in [6.45, 7) is 2.21. The molecular formula is C14H19ClN2O3. The Kier molecular flexibility index (Phi) is 5.53. The minimum Gasteiger partial charge on any atom is -0.466 e. The van der Waals surface area contributed by atoms with Crippen molar-refractivity contribution in [1.29, 1.82) is 0 Å². The van der Waals surface area contributed by atoms with E-state index >= 15 is 0 Å². The molecule has 1 aromatic carbocycles. The Balaban J connectivity index is 0.00000200. The number of esters is 1. The third-order valence-corrected chi connectivity index (χ3v) is 3.57. The number of methoxy groups -OCH3 is 1. The molecular weight excluding hydrogens is 280 g/mol. The number of carbonyl (C=O) groups excluding carboxylic acids is 1. The fourth-order valence-corrected chi connectivity index (χ4v) is 2.33. The second-order valence-corrected chi connectivity index (χ2v) is 4.64. The Labute approximate surface area is 124 Å². The van der Waals surface area contributed by atoms with Gasteiger partial charge in [-0.1, -0.05) is 42.4 Å². The maximum atomic E-state index is 12.2. The van der Waals surface area contributed by atoms with E-state index in [9.17, 15) is 4.79 Å². The lowest BCUT2D eigenvalue weighted by molar-refractivity contribution is -0.169. The van der Waals surface area contributed by atoms with E-state index in [1.807, 2.05) is 37.3 Å². The van der Waals surface area contributed by atoms with E-state index in [-0.39, 0.29) is 24.9 Å². The van der Waals surface area contributed by atoms with Gasteiger partial charge in [0.1, 0.15) is 0 Å². The molecule has 6 heteroatoms. The number of nitrogens with zero attached hydrogens (tertiary/aromatic N) is 1. The van der Waals surface area contributed by atoms with Crippen LogP contribution in [0.15, 0.2) is 35.5 Å². The molecule has 20 heavy (non-hydrogen) atoms. The van der Waals surface area contributed by atoms with E-state index in [0.29, 0.717) is 12.1 Å². The largest absolute Gasteiger partial charge is 0.466 e. The fraction of sp³-hybridized carbons (Fsp3) is 0.429. The molecule has 2 N–H and O–H groups in total. The first-order valence-corrected chi connectivity index (χ1v) is 6.21. The highest BCUT2D eigenvalue weighted by Crippen LogP contribution is 2.39. The van der Waals surface area contributed by atoms with Crippen molar-refractivity contribution in [3.63, 3.8) is 0 Å². The third-order valence-electron chi connectivity index (χ3n) is 3.57. The first kappa shape index (κ1) is 16.5. The molecule has 1 aromatic rings. The molecule has 2 unspecified atom stereocenters. The van der Waals surface area contributed by atoms with Crippen LogP contribution >= 0.6 is 12.4 Å². The summed E-state index contributed by atoms with van der Waals surface area (Å²) in [5.41, 5.74) is 6.14. The van der Waals surface area contributed by atoms with Crippen LogP contribution in [0, 0.1) is 0 Å². The van der Waals surface area contributed by atoms with Gasteiger partial charge in [0.05, 0.1) is 12.8 Å². The van der Waals surface area contributed by atoms with Crippen molar-refractivity contribution in [2.45, 2.75) is 24.9 Å². The highest BCUT2D eigenvalue weighted by atomic mass is 35.5. The van der Waals surface area contributed by atoms with Gasteiger partial charge in [-0.15, -0.1) is 12.4 Å². The lowest BCUT2D eigenvalue weighted by atomic mass is 9.80. The van der Waals surface area contributed by atoms with Crippen LogP contribution in [0.25, 0.3) is 0 Å². The zero-order valence-electron chi connectivity index (χ0n) is 11.5. The molecule has 0 saturated carbocycles. The summed E-state index contributed by atoms with van der Waals surface area (Å²) in [6.07, 6.45) is 0.367. The molecule has 2 atom stereocenters. The number of benzene rings is 1. The summed E-state index contributed by atoms with van der Waals surface area (Å²) in [6, 6.07) is 9.70. The number of nitrogens with two attached hydrogens (primary N) is 1. The van der Waals surface area contributed by atoms with Crippen molar-refractivity contribution in [2.24, 2.45) is 10.9 Å². The van der Waals surface area contributed by atoms with Gasteiger partial charge in [-0.2, -0.15) is 0 Å². The predicted molar refractivity (Wildman–Crippen MR) is 79.0 cm³/mol. The lowest BCUT2D eigenvalue weighted by Gasteiger charge is -2.30. The van der Waals surface area contributed by atoms with Gasteiger partial charge < -0.3 is 15.3 Å². The summed E-state index contributed by atoms with van der Waals surface area (Å²) in [7, 11) is 1.35. The lowest BCUT2D eigenvalue weighted by Crippen LogP contribution is -2.45. The molecule has 0 saturated heterocycles. The number of oxime groups is 1. The molecule has 5 nitrogen and oxygen atoms in total. The van der Waals surface area contributed by atoms with Gasteiger partial charge in [-0.3, -0.25) is 0 Å². The van der Waals surface area contributed by atoms with Gasteiger partial charge in [0.25, 0.3) is 0 Å². The van der Waals surface area contributed by atoms with Gasteiger partial charge in [-0.05, 0) is 5.56 Å². The molecule has 0 bridgehead atoms. The summed E-state index contributed by atoms with van der Waals surface area (Å²) in [4.78, 5) is 17.6. The van der Waals surface area contributed by atoms with Crippen LogP contribution in [0.4, 0.5) is 0 Å². The van der Waals surface area contributed by atoms with Crippen molar-refractivity contribution < 1.29 is 14.4 Å². The first-order chi connectivity index (χ1) is 9.14. The van der Waals surface area contributed by atoms with E-state index in [0.717, 1.165) is 5.56 Å². The second kappa shape index (κ2) is 6.72. The molecule has 0 fully saturated rings. The van der Waals surface area contributed by atoms with Gasteiger partial charge in [-0.25, -0.2) is 4.79 Å². The Morgan fingerprint density at radius 1 is 1.50 bits per heavy atom. The second-order valence-electron chi connectivity index (χ2n) is 4.64. The van der Waals surface area contributed by atoms with Gasteiger partial charge >= 0.3 is 5.97 Å². The molecule has 2 rings (SSSR count). The molecule has 1 aliphatic heterocycles. The quantitative estimate of drug-likeness (QED) is 0.861. The van der Waals surface area contributed by atoms with Crippen molar-refractivity contribution in [2.75, 3.05) is 13.7 Å². The van der Waals surface area contributed by atoms with Crippen molar-refractivity contribution in [3.8, 4) is 0 Å². The van der Waals surface area contributed by atoms with Crippen LogP contribution in [0.2, 0.25) is 0 Å². The van der Waals surface area contributed by atoms with E-state index in [2.05, 4.69) is 5.16 Å². The molecule has 0 amide bonds. The predicted octanol–water partition coefficient (Wildman–Crippen LogP) is 1.86. The summed E-state index contributed by atoms with van der Waals surface area (Å²) >= 11 is 0. The topological polar surface area (TPSA) is 73.9 Å². The van der Waals surface area contributed by atoms with Crippen LogP contribution in [-0.2, 0) is 14.4 Å². The normalized spacial score (nSPS) is 22.2. The smallest absolute Gasteiger partial charge is 0.354 e. The average Bonchev–Trinajstić information content (AvgIpc) is 2.92.